The van der Waals surface area contributed by atoms with Crippen LogP contribution < -0.4 is 9.80 Å². The lowest BCUT2D eigenvalue weighted by atomic mass is 10.2. The van der Waals surface area contributed by atoms with Crippen LogP contribution in [0.4, 0.5) is 11.4 Å². The first-order valence-corrected chi connectivity index (χ1v) is 11.3. The smallest absolute Gasteiger partial charge is 0.247 e. The molecule has 1 aliphatic heterocycles. The molecule has 7 heteroatoms. The summed E-state index contributed by atoms with van der Waals surface area (Å²) in [6.07, 6.45) is 0.0504. The van der Waals surface area contributed by atoms with Gasteiger partial charge in [0.1, 0.15) is 12.4 Å². The maximum atomic E-state index is 13.5. The van der Waals surface area contributed by atoms with E-state index in [1.54, 1.807) is 9.80 Å². The molecule has 0 radical (unpaired) electrons. The second-order valence-electron chi connectivity index (χ2n) is 8.48. The Balaban J connectivity index is 1.56. The number of nitrogens with zero attached hydrogens (tertiary/aromatic N) is 5. The standard InChI is InChI=1S/C27H25N5O2/c1-19(2)31(21-13-7-4-8-14-21)26(34)18-30-22-15-9-10-16-23(22)32-24(17-25(30)33)28-29-27(32)20-11-5-3-6-12-20/h3-16,19H,17-18H2,1-2H3. The summed E-state index contributed by atoms with van der Waals surface area (Å²) in [4.78, 5) is 30.2. The van der Waals surface area contributed by atoms with E-state index in [-0.39, 0.29) is 30.8 Å². The van der Waals surface area contributed by atoms with E-state index in [9.17, 15) is 9.59 Å². The molecule has 0 bridgehead atoms. The van der Waals surface area contributed by atoms with E-state index in [0.717, 1.165) is 16.9 Å². The van der Waals surface area contributed by atoms with Crippen LogP contribution in [0.1, 0.15) is 19.7 Å². The molecule has 5 rings (SSSR count). The Kier molecular flexibility index (Phi) is 5.67. The van der Waals surface area contributed by atoms with Gasteiger partial charge in [-0.3, -0.25) is 14.2 Å². The van der Waals surface area contributed by atoms with Crippen molar-refractivity contribution in [1.29, 1.82) is 0 Å². The van der Waals surface area contributed by atoms with E-state index in [4.69, 9.17) is 0 Å². The Morgan fingerprint density at radius 1 is 0.882 bits per heavy atom. The summed E-state index contributed by atoms with van der Waals surface area (Å²) in [5.74, 6) is 0.876. The van der Waals surface area contributed by atoms with E-state index in [1.807, 2.05) is 103 Å². The molecule has 4 aromatic rings. The molecule has 34 heavy (non-hydrogen) atoms. The van der Waals surface area contributed by atoms with E-state index < -0.39 is 0 Å². The van der Waals surface area contributed by atoms with Crippen molar-refractivity contribution in [1.82, 2.24) is 14.8 Å². The number of fused-ring (bicyclic) bond motifs is 3. The predicted molar refractivity (Wildman–Crippen MR) is 132 cm³/mol. The molecule has 0 atom stereocenters. The molecule has 0 aliphatic carbocycles. The number of carbonyl (C=O) groups is 2. The number of benzene rings is 3. The van der Waals surface area contributed by atoms with Crippen LogP contribution in [0.2, 0.25) is 0 Å². The van der Waals surface area contributed by atoms with E-state index in [0.29, 0.717) is 17.3 Å². The normalized spacial score (nSPS) is 12.8. The maximum Gasteiger partial charge on any atom is 0.247 e. The molecule has 0 saturated carbocycles. The van der Waals surface area contributed by atoms with Crippen molar-refractivity contribution in [3.8, 4) is 17.1 Å². The third-order valence-electron chi connectivity index (χ3n) is 5.90. The number of amides is 2. The lowest BCUT2D eigenvalue weighted by molar-refractivity contribution is -0.122. The van der Waals surface area contributed by atoms with Gasteiger partial charge in [0.25, 0.3) is 0 Å². The summed E-state index contributed by atoms with van der Waals surface area (Å²) in [5.41, 5.74) is 3.15. The molecule has 170 valence electrons. The minimum atomic E-state index is -0.191. The highest BCUT2D eigenvalue weighted by Crippen LogP contribution is 2.33. The van der Waals surface area contributed by atoms with E-state index >= 15 is 0 Å². The SMILES string of the molecule is CC(C)N(C(=O)CN1C(=O)Cc2nnc(-c3ccccc3)n2-c2ccccc21)c1ccccc1. The van der Waals surface area contributed by atoms with Crippen molar-refractivity contribution in [3.63, 3.8) is 0 Å². The Morgan fingerprint density at radius 2 is 1.50 bits per heavy atom. The number of hydrogen-bond donors (Lipinski definition) is 0. The Bertz CT molecular complexity index is 1330. The Hall–Kier alpha value is -4.26. The lowest BCUT2D eigenvalue weighted by Gasteiger charge is -2.30. The third kappa shape index (κ3) is 3.85. The molecular formula is C27H25N5O2. The van der Waals surface area contributed by atoms with Crippen LogP contribution in [0, 0.1) is 0 Å². The first-order valence-electron chi connectivity index (χ1n) is 11.3. The third-order valence-corrected chi connectivity index (χ3v) is 5.90. The molecule has 2 heterocycles. The average molecular weight is 452 g/mol. The minimum Gasteiger partial charge on any atom is -0.308 e. The van der Waals surface area contributed by atoms with E-state index in [1.165, 1.54) is 0 Å². The summed E-state index contributed by atoms with van der Waals surface area (Å²) in [6, 6.07) is 26.8. The molecule has 0 saturated heterocycles. The van der Waals surface area contributed by atoms with Crippen LogP contribution in [0.15, 0.2) is 84.9 Å². The van der Waals surface area contributed by atoms with Crippen LogP contribution in [0.3, 0.4) is 0 Å². The first kappa shape index (κ1) is 21.6. The first-order chi connectivity index (χ1) is 16.5. The van der Waals surface area contributed by atoms with Gasteiger partial charge in [-0.2, -0.15) is 0 Å². The molecule has 0 spiro atoms. The Labute approximate surface area is 198 Å². The van der Waals surface area contributed by atoms with Crippen LogP contribution in [0.25, 0.3) is 17.1 Å². The van der Waals surface area contributed by atoms with Crippen molar-refractivity contribution >= 4 is 23.2 Å². The minimum absolute atomic E-state index is 0.0504. The zero-order valence-electron chi connectivity index (χ0n) is 19.1. The van der Waals surface area contributed by atoms with Crippen molar-refractivity contribution in [2.75, 3.05) is 16.3 Å². The molecule has 1 aliphatic rings. The molecule has 1 aromatic heterocycles. The summed E-state index contributed by atoms with van der Waals surface area (Å²) in [7, 11) is 0. The summed E-state index contributed by atoms with van der Waals surface area (Å²) in [6.45, 7) is 3.87. The summed E-state index contributed by atoms with van der Waals surface area (Å²) >= 11 is 0. The number of para-hydroxylation sites is 3. The Morgan fingerprint density at radius 3 is 2.18 bits per heavy atom. The largest absolute Gasteiger partial charge is 0.308 e. The summed E-state index contributed by atoms with van der Waals surface area (Å²) < 4.78 is 1.92. The van der Waals surface area contributed by atoms with Crippen LogP contribution in [0.5, 0.6) is 0 Å². The predicted octanol–water partition coefficient (Wildman–Crippen LogP) is 4.27. The molecule has 2 amide bonds. The highest BCUT2D eigenvalue weighted by atomic mass is 16.2. The van der Waals surface area contributed by atoms with Gasteiger partial charge in [0.05, 0.1) is 17.8 Å². The van der Waals surface area contributed by atoms with Gasteiger partial charge < -0.3 is 9.80 Å². The molecular weight excluding hydrogens is 426 g/mol. The number of hydrogen-bond acceptors (Lipinski definition) is 4. The second-order valence-corrected chi connectivity index (χ2v) is 8.48. The second kappa shape index (κ2) is 8.94. The summed E-state index contributed by atoms with van der Waals surface area (Å²) in [5, 5.41) is 8.72. The van der Waals surface area contributed by atoms with Gasteiger partial charge in [0.2, 0.25) is 11.8 Å². The van der Waals surface area contributed by atoms with Gasteiger partial charge in [0, 0.05) is 17.3 Å². The highest BCUT2D eigenvalue weighted by molar-refractivity contribution is 6.06. The van der Waals surface area contributed by atoms with Gasteiger partial charge >= 0.3 is 0 Å². The van der Waals surface area contributed by atoms with Crippen molar-refractivity contribution in [2.45, 2.75) is 26.3 Å². The van der Waals surface area contributed by atoms with Crippen molar-refractivity contribution in [2.24, 2.45) is 0 Å². The molecule has 0 fully saturated rings. The fourth-order valence-electron chi connectivity index (χ4n) is 4.41. The number of rotatable bonds is 5. The average Bonchev–Trinajstić information content (AvgIpc) is 3.22. The molecule has 3 aromatic carbocycles. The monoisotopic (exact) mass is 451 g/mol. The highest BCUT2D eigenvalue weighted by Gasteiger charge is 2.32. The van der Waals surface area contributed by atoms with Crippen LogP contribution in [-0.2, 0) is 16.0 Å². The van der Waals surface area contributed by atoms with Crippen molar-refractivity contribution in [3.05, 3.63) is 90.8 Å². The zero-order valence-corrected chi connectivity index (χ0v) is 19.1. The zero-order chi connectivity index (χ0) is 23.7. The molecule has 0 N–H and O–H groups in total. The van der Waals surface area contributed by atoms with Crippen LogP contribution >= 0.6 is 0 Å². The number of carbonyl (C=O) groups excluding carboxylic acids is 2. The maximum absolute atomic E-state index is 13.5. The lowest BCUT2D eigenvalue weighted by Crippen LogP contribution is -2.46. The van der Waals surface area contributed by atoms with Gasteiger partial charge in [-0.15, -0.1) is 10.2 Å². The molecule has 0 unspecified atom stereocenters. The quantitative estimate of drug-likeness (QED) is 0.454. The van der Waals surface area contributed by atoms with E-state index in [2.05, 4.69) is 10.2 Å². The van der Waals surface area contributed by atoms with Gasteiger partial charge in [-0.25, -0.2) is 0 Å². The van der Waals surface area contributed by atoms with Gasteiger partial charge in [-0.05, 0) is 38.1 Å². The van der Waals surface area contributed by atoms with Crippen LogP contribution in [-0.4, -0.2) is 39.2 Å². The fraction of sp³-hybridized carbons (Fsp3) is 0.185. The number of aromatic nitrogens is 3. The van der Waals surface area contributed by atoms with Gasteiger partial charge in [0.15, 0.2) is 5.82 Å². The fourth-order valence-corrected chi connectivity index (χ4v) is 4.41. The topological polar surface area (TPSA) is 71.3 Å². The van der Waals surface area contributed by atoms with Crippen molar-refractivity contribution < 1.29 is 9.59 Å². The number of anilines is 2. The van der Waals surface area contributed by atoms with Gasteiger partial charge in [-0.1, -0.05) is 60.7 Å². The molecule has 7 nitrogen and oxygen atoms in total.